The quantitative estimate of drug-likeness (QED) is 0.685. The molecule has 0 aliphatic heterocycles. The average Bonchev–Trinajstić information content (AvgIpc) is 3.12. The van der Waals surface area contributed by atoms with Gasteiger partial charge in [-0.1, -0.05) is 25.1 Å². The second-order valence-corrected chi connectivity index (χ2v) is 5.97. The minimum atomic E-state index is -0.0557. The van der Waals surface area contributed by atoms with Gasteiger partial charge in [-0.2, -0.15) is 5.10 Å². The molecule has 134 valence electrons. The summed E-state index contributed by atoms with van der Waals surface area (Å²) in [6.45, 7) is 2.53. The molecular weight excluding hydrogens is 328 g/mol. The third kappa shape index (κ3) is 3.59. The van der Waals surface area contributed by atoms with Gasteiger partial charge in [-0.3, -0.25) is 4.79 Å². The first-order valence-corrected chi connectivity index (χ1v) is 8.50. The van der Waals surface area contributed by atoms with Crippen LogP contribution in [-0.2, 0) is 13.0 Å². The van der Waals surface area contributed by atoms with Crippen molar-refractivity contribution in [2.75, 3.05) is 14.2 Å². The van der Waals surface area contributed by atoms with Crippen LogP contribution in [0.3, 0.4) is 0 Å². The Kier molecular flexibility index (Phi) is 5.31. The zero-order chi connectivity index (χ0) is 18.5. The van der Waals surface area contributed by atoms with E-state index in [9.17, 15) is 4.79 Å². The van der Waals surface area contributed by atoms with Gasteiger partial charge in [0.15, 0.2) is 5.82 Å². The highest BCUT2D eigenvalue weighted by Crippen LogP contribution is 2.18. The van der Waals surface area contributed by atoms with Crippen LogP contribution in [0.15, 0.2) is 54.9 Å². The molecule has 0 aliphatic carbocycles. The smallest absolute Gasteiger partial charge is 0.257 e. The van der Waals surface area contributed by atoms with Gasteiger partial charge < -0.3 is 9.64 Å². The van der Waals surface area contributed by atoms with E-state index in [4.69, 9.17) is 4.74 Å². The fourth-order valence-corrected chi connectivity index (χ4v) is 2.85. The Morgan fingerprint density at radius 2 is 1.96 bits per heavy atom. The molecule has 0 saturated heterocycles. The summed E-state index contributed by atoms with van der Waals surface area (Å²) >= 11 is 0. The molecule has 0 bridgehead atoms. The zero-order valence-electron chi connectivity index (χ0n) is 15.2. The lowest BCUT2D eigenvalue weighted by Gasteiger charge is -2.17. The molecule has 2 aromatic heterocycles. The van der Waals surface area contributed by atoms with Crippen molar-refractivity contribution in [3.8, 4) is 11.6 Å². The topological polar surface area (TPSA) is 60.3 Å². The summed E-state index contributed by atoms with van der Waals surface area (Å²) in [5, 5.41) is 4.38. The number of rotatable bonds is 6. The summed E-state index contributed by atoms with van der Waals surface area (Å²) in [7, 11) is 3.43. The van der Waals surface area contributed by atoms with Crippen molar-refractivity contribution in [1.29, 1.82) is 0 Å². The van der Waals surface area contributed by atoms with Gasteiger partial charge in [0.25, 0.3) is 5.91 Å². The number of hydrogen-bond donors (Lipinski definition) is 0. The van der Waals surface area contributed by atoms with Crippen molar-refractivity contribution >= 4 is 5.91 Å². The number of carbonyl (C=O) groups is 1. The maximum Gasteiger partial charge on any atom is 0.257 e. The van der Waals surface area contributed by atoms with Crippen molar-refractivity contribution < 1.29 is 9.53 Å². The highest BCUT2D eigenvalue weighted by molar-refractivity contribution is 5.95. The number of methoxy groups -OCH3 is 1. The normalized spacial score (nSPS) is 10.6. The molecule has 0 aliphatic rings. The molecule has 2 heterocycles. The highest BCUT2D eigenvalue weighted by Gasteiger charge is 2.20. The number of hydrogen-bond acceptors (Lipinski definition) is 4. The molecule has 6 heteroatoms. The molecule has 0 atom stereocenters. The number of amides is 1. The van der Waals surface area contributed by atoms with E-state index in [1.54, 1.807) is 36.1 Å². The number of benzene rings is 1. The highest BCUT2D eigenvalue weighted by atomic mass is 16.5. The van der Waals surface area contributed by atoms with E-state index in [0.29, 0.717) is 24.3 Å². The monoisotopic (exact) mass is 350 g/mol. The molecule has 0 saturated carbocycles. The maximum atomic E-state index is 12.9. The molecule has 0 radical (unpaired) electrons. The summed E-state index contributed by atoms with van der Waals surface area (Å²) < 4.78 is 6.90. The summed E-state index contributed by atoms with van der Waals surface area (Å²) in [4.78, 5) is 18.9. The van der Waals surface area contributed by atoms with Gasteiger partial charge in [0, 0.05) is 19.8 Å². The fourth-order valence-electron chi connectivity index (χ4n) is 2.85. The van der Waals surface area contributed by atoms with E-state index < -0.39 is 0 Å². The van der Waals surface area contributed by atoms with E-state index in [1.165, 1.54) is 0 Å². The van der Waals surface area contributed by atoms with Gasteiger partial charge in [-0.25, -0.2) is 9.67 Å². The number of aromatic nitrogens is 3. The van der Waals surface area contributed by atoms with E-state index in [2.05, 4.69) is 10.1 Å². The van der Waals surface area contributed by atoms with Crippen LogP contribution in [0, 0.1) is 0 Å². The van der Waals surface area contributed by atoms with Crippen LogP contribution in [0.5, 0.6) is 5.75 Å². The Morgan fingerprint density at radius 1 is 1.19 bits per heavy atom. The van der Waals surface area contributed by atoms with E-state index in [0.717, 1.165) is 17.0 Å². The second kappa shape index (κ2) is 7.82. The largest absolute Gasteiger partial charge is 0.497 e. The molecule has 3 aromatic rings. The summed E-state index contributed by atoms with van der Waals surface area (Å²) in [6, 6.07) is 13.3. The van der Waals surface area contributed by atoms with Crippen LogP contribution < -0.4 is 4.74 Å². The van der Waals surface area contributed by atoms with E-state index in [-0.39, 0.29) is 5.91 Å². The minimum Gasteiger partial charge on any atom is -0.497 e. The van der Waals surface area contributed by atoms with E-state index >= 15 is 0 Å². The molecule has 1 aromatic carbocycles. The van der Waals surface area contributed by atoms with Gasteiger partial charge in [0.1, 0.15) is 5.75 Å². The minimum absolute atomic E-state index is 0.0557. The first-order valence-electron chi connectivity index (χ1n) is 8.50. The fraction of sp³-hybridized carbons (Fsp3) is 0.250. The molecule has 3 rings (SSSR count). The molecule has 26 heavy (non-hydrogen) atoms. The second-order valence-electron chi connectivity index (χ2n) is 5.97. The predicted octanol–water partition coefficient (Wildman–Crippen LogP) is 3.11. The maximum absolute atomic E-state index is 12.9. The number of nitrogens with zero attached hydrogens (tertiary/aromatic N) is 4. The average molecular weight is 350 g/mol. The Bertz CT molecular complexity index is 873. The molecular formula is C20H22N4O2. The molecule has 0 N–H and O–H groups in total. The lowest BCUT2D eigenvalue weighted by Crippen LogP contribution is -2.27. The molecule has 6 nitrogen and oxygen atoms in total. The third-order valence-corrected chi connectivity index (χ3v) is 4.23. The van der Waals surface area contributed by atoms with Gasteiger partial charge in [0.2, 0.25) is 0 Å². The Balaban J connectivity index is 1.81. The third-order valence-electron chi connectivity index (χ3n) is 4.23. The Morgan fingerprint density at radius 3 is 2.58 bits per heavy atom. The van der Waals surface area contributed by atoms with Crippen LogP contribution in [-0.4, -0.2) is 39.7 Å². The van der Waals surface area contributed by atoms with Crippen LogP contribution in [0.4, 0.5) is 0 Å². The molecule has 0 fully saturated rings. The van der Waals surface area contributed by atoms with Crippen LogP contribution in [0.1, 0.15) is 28.5 Å². The zero-order valence-corrected chi connectivity index (χ0v) is 15.2. The van der Waals surface area contributed by atoms with Gasteiger partial charge in [-0.15, -0.1) is 0 Å². The molecule has 0 spiro atoms. The van der Waals surface area contributed by atoms with Crippen LogP contribution in [0.25, 0.3) is 5.82 Å². The molecule has 0 unspecified atom stereocenters. The van der Waals surface area contributed by atoms with Crippen molar-refractivity contribution in [3.05, 3.63) is 71.7 Å². The summed E-state index contributed by atoms with van der Waals surface area (Å²) in [6.07, 6.45) is 4.03. The van der Waals surface area contributed by atoms with E-state index in [1.807, 2.05) is 49.4 Å². The van der Waals surface area contributed by atoms with Crippen molar-refractivity contribution in [3.63, 3.8) is 0 Å². The Hall–Kier alpha value is -3.15. The van der Waals surface area contributed by atoms with Gasteiger partial charge >= 0.3 is 0 Å². The van der Waals surface area contributed by atoms with Crippen molar-refractivity contribution in [2.24, 2.45) is 0 Å². The lowest BCUT2D eigenvalue weighted by molar-refractivity contribution is 0.0784. The summed E-state index contributed by atoms with van der Waals surface area (Å²) in [5.74, 6) is 1.45. The number of ether oxygens (including phenoxy) is 1. The first kappa shape index (κ1) is 17.7. The molecule has 1 amide bonds. The van der Waals surface area contributed by atoms with Gasteiger partial charge in [-0.05, 0) is 36.2 Å². The Labute approximate surface area is 153 Å². The number of pyridine rings is 1. The predicted molar refractivity (Wildman–Crippen MR) is 99.5 cm³/mol. The first-order chi connectivity index (χ1) is 12.6. The van der Waals surface area contributed by atoms with Crippen LogP contribution in [0.2, 0.25) is 0 Å². The van der Waals surface area contributed by atoms with Crippen LogP contribution >= 0.6 is 0 Å². The lowest BCUT2D eigenvalue weighted by atomic mass is 10.1. The van der Waals surface area contributed by atoms with Crippen molar-refractivity contribution in [2.45, 2.75) is 19.9 Å². The summed E-state index contributed by atoms with van der Waals surface area (Å²) in [5.41, 5.74) is 2.50. The van der Waals surface area contributed by atoms with Crippen molar-refractivity contribution in [1.82, 2.24) is 19.7 Å². The standard InChI is InChI=1S/C20H22N4O2/c1-4-18-17(13-22-24(18)19-7-5-6-12-21-19)20(25)23(2)14-15-8-10-16(26-3)11-9-15/h5-13H,4,14H2,1-3H3. The number of carbonyl (C=O) groups excluding carboxylic acids is 1. The SMILES string of the molecule is CCc1c(C(=O)N(C)Cc2ccc(OC)cc2)cnn1-c1ccccn1. The van der Waals surface area contributed by atoms with Gasteiger partial charge in [0.05, 0.1) is 24.6 Å².